The van der Waals surface area contributed by atoms with E-state index < -0.39 is 6.04 Å². The van der Waals surface area contributed by atoms with Crippen LogP contribution in [-0.4, -0.2) is 18.1 Å². The van der Waals surface area contributed by atoms with Crippen LogP contribution in [0.5, 0.6) is 5.75 Å². The van der Waals surface area contributed by atoms with Gasteiger partial charge in [-0.25, -0.2) is 0 Å². The van der Waals surface area contributed by atoms with E-state index in [0.29, 0.717) is 12.1 Å². The van der Waals surface area contributed by atoms with Crippen molar-refractivity contribution in [2.24, 2.45) is 5.73 Å². The van der Waals surface area contributed by atoms with E-state index in [1.54, 1.807) is 0 Å². The van der Waals surface area contributed by atoms with Crippen LogP contribution in [-0.2, 0) is 11.2 Å². The van der Waals surface area contributed by atoms with Crippen LogP contribution < -0.4 is 15.8 Å². The van der Waals surface area contributed by atoms with E-state index in [4.69, 9.17) is 10.5 Å². The summed E-state index contributed by atoms with van der Waals surface area (Å²) in [5.41, 5.74) is 7.72. The molecule has 22 heavy (non-hydrogen) atoms. The van der Waals surface area contributed by atoms with Gasteiger partial charge in [0.15, 0.2) is 0 Å². The van der Waals surface area contributed by atoms with E-state index in [0.717, 1.165) is 11.3 Å². The van der Waals surface area contributed by atoms with Crippen LogP contribution in [0, 0.1) is 0 Å². The molecule has 0 aliphatic heterocycles. The first-order valence-corrected chi connectivity index (χ1v) is 7.41. The third-order valence-electron chi connectivity index (χ3n) is 3.13. The van der Waals surface area contributed by atoms with Crippen LogP contribution in [0.2, 0.25) is 0 Å². The normalized spacial score (nSPS) is 12.0. The number of rotatable bonds is 6. The lowest BCUT2D eigenvalue weighted by atomic mass is 10.1. The second-order valence-corrected chi connectivity index (χ2v) is 5.48. The minimum Gasteiger partial charge on any atom is -0.491 e. The predicted octanol–water partition coefficient (Wildman–Crippen LogP) is 2.98. The number of benzene rings is 2. The summed E-state index contributed by atoms with van der Waals surface area (Å²) in [7, 11) is 0. The van der Waals surface area contributed by atoms with Crippen molar-refractivity contribution in [3.63, 3.8) is 0 Å². The molecule has 2 rings (SSSR count). The number of ether oxygens (including phenoxy) is 1. The van der Waals surface area contributed by atoms with Crippen molar-refractivity contribution in [3.05, 3.63) is 60.2 Å². The van der Waals surface area contributed by atoms with Gasteiger partial charge in [0, 0.05) is 5.69 Å². The second kappa shape index (κ2) is 7.61. The van der Waals surface area contributed by atoms with E-state index >= 15 is 0 Å². The maximum atomic E-state index is 12.1. The molecule has 2 aromatic rings. The molecule has 0 heterocycles. The summed E-state index contributed by atoms with van der Waals surface area (Å²) in [5, 5.41) is 2.82. The molecule has 0 saturated carbocycles. The second-order valence-electron chi connectivity index (χ2n) is 5.48. The van der Waals surface area contributed by atoms with Crippen molar-refractivity contribution in [2.45, 2.75) is 32.4 Å². The Morgan fingerprint density at radius 1 is 1.09 bits per heavy atom. The average Bonchev–Trinajstić information content (AvgIpc) is 2.49. The largest absolute Gasteiger partial charge is 0.491 e. The van der Waals surface area contributed by atoms with Gasteiger partial charge in [-0.1, -0.05) is 30.3 Å². The van der Waals surface area contributed by atoms with Crippen LogP contribution in [0.4, 0.5) is 5.69 Å². The number of carbonyl (C=O) groups excluding carboxylic acids is 1. The number of anilines is 1. The van der Waals surface area contributed by atoms with Crippen molar-refractivity contribution in [1.29, 1.82) is 0 Å². The summed E-state index contributed by atoms with van der Waals surface area (Å²) in [5.74, 6) is 0.586. The quantitative estimate of drug-likeness (QED) is 0.861. The van der Waals surface area contributed by atoms with Crippen LogP contribution in [0.3, 0.4) is 0 Å². The van der Waals surface area contributed by atoms with E-state index in [1.807, 2.05) is 68.4 Å². The molecule has 0 spiro atoms. The topological polar surface area (TPSA) is 64.3 Å². The number of hydrogen-bond acceptors (Lipinski definition) is 3. The van der Waals surface area contributed by atoms with Crippen LogP contribution in [0.25, 0.3) is 0 Å². The third kappa shape index (κ3) is 4.90. The first kappa shape index (κ1) is 16.0. The molecule has 0 aromatic heterocycles. The molecule has 0 bridgehead atoms. The minimum atomic E-state index is -0.575. The standard InChI is InChI=1S/C18H22N2O2/c1-13(2)22-16-10-8-15(9-11-16)20-18(21)17(19)12-14-6-4-3-5-7-14/h3-11,13,17H,12,19H2,1-2H3,(H,20,21)/t17-/m0/s1. The Balaban J connectivity index is 1.90. The Bertz CT molecular complexity index is 594. The Kier molecular flexibility index (Phi) is 5.55. The van der Waals surface area contributed by atoms with Gasteiger partial charge in [0.25, 0.3) is 0 Å². The van der Waals surface area contributed by atoms with Crippen molar-refractivity contribution in [2.75, 3.05) is 5.32 Å². The summed E-state index contributed by atoms with van der Waals surface area (Å²) in [6.45, 7) is 3.94. The lowest BCUT2D eigenvalue weighted by molar-refractivity contribution is -0.117. The molecule has 4 heteroatoms. The van der Waals surface area contributed by atoms with E-state index in [2.05, 4.69) is 5.32 Å². The molecule has 116 valence electrons. The highest BCUT2D eigenvalue weighted by Crippen LogP contribution is 2.17. The maximum absolute atomic E-state index is 12.1. The highest BCUT2D eigenvalue weighted by molar-refractivity contribution is 5.94. The molecule has 0 radical (unpaired) electrons. The predicted molar refractivity (Wildman–Crippen MR) is 89.0 cm³/mol. The van der Waals surface area contributed by atoms with Crippen LogP contribution >= 0.6 is 0 Å². The van der Waals surface area contributed by atoms with Gasteiger partial charge in [-0.15, -0.1) is 0 Å². The minimum absolute atomic E-state index is 0.125. The molecular weight excluding hydrogens is 276 g/mol. The van der Waals surface area contributed by atoms with Gasteiger partial charge in [-0.2, -0.15) is 0 Å². The Morgan fingerprint density at radius 3 is 2.32 bits per heavy atom. The lowest BCUT2D eigenvalue weighted by Crippen LogP contribution is -2.37. The number of hydrogen-bond donors (Lipinski definition) is 2. The van der Waals surface area contributed by atoms with Crippen LogP contribution in [0.15, 0.2) is 54.6 Å². The van der Waals surface area contributed by atoms with E-state index in [-0.39, 0.29) is 12.0 Å². The van der Waals surface area contributed by atoms with E-state index in [9.17, 15) is 4.79 Å². The summed E-state index contributed by atoms with van der Waals surface area (Å²) < 4.78 is 5.56. The smallest absolute Gasteiger partial charge is 0.241 e. The Labute approximate surface area is 131 Å². The summed E-state index contributed by atoms with van der Waals surface area (Å²) in [6.07, 6.45) is 0.640. The molecule has 0 aliphatic carbocycles. The third-order valence-corrected chi connectivity index (χ3v) is 3.13. The van der Waals surface area contributed by atoms with Gasteiger partial charge in [-0.3, -0.25) is 4.79 Å². The maximum Gasteiger partial charge on any atom is 0.241 e. The zero-order valence-electron chi connectivity index (χ0n) is 13.0. The molecule has 1 amide bonds. The van der Waals surface area contributed by atoms with Crippen molar-refractivity contribution in [3.8, 4) is 5.75 Å². The van der Waals surface area contributed by atoms with Gasteiger partial charge in [0.1, 0.15) is 5.75 Å². The van der Waals surface area contributed by atoms with Crippen molar-refractivity contribution >= 4 is 11.6 Å². The lowest BCUT2D eigenvalue weighted by Gasteiger charge is -2.13. The van der Waals surface area contributed by atoms with Gasteiger partial charge in [0.2, 0.25) is 5.91 Å². The van der Waals surface area contributed by atoms with E-state index in [1.165, 1.54) is 0 Å². The van der Waals surface area contributed by atoms with Gasteiger partial charge >= 0.3 is 0 Å². The molecule has 0 aliphatic rings. The highest BCUT2D eigenvalue weighted by Gasteiger charge is 2.14. The number of carbonyl (C=O) groups is 1. The zero-order valence-corrected chi connectivity index (χ0v) is 13.0. The zero-order chi connectivity index (χ0) is 15.9. The molecule has 0 fully saturated rings. The number of nitrogens with one attached hydrogen (secondary N) is 1. The van der Waals surface area contributed by atoms with Gasteiger partial charge in [0.05, 0.1) is 12.1 Å². The summed E-state index contributed by atoms with van der Waals surface area (Å²) in [6, 6.07) is 16.5. The van der Waals surface area contributed by atoms with Crippen molar-refractivity contribution < 1.29 is 9.53 Å². The fraction of sp³-hybridized carbons (Fsp3) is 0.278. The average molecular weight is 298 g/mol. The Hall–Kier alpha value is -2.33. The number of nitrogens with two attached hydrogens (primary N) is 1. The summed E-state index contributed by atoms with van der Waals surface area (Å²) in [4.78, 5) is 12.1. The fourth-order valence-electron chi connectivity index (χ4n) is 2.08. The fourth-order valence-corrected chi connectivity index (χ4v) is 2.08. The molecule has 3 N–H and O–H groups in total. The molecule has 2 aromatic carbocycles. The van der Waals surface area contributed by atoms with Gasteiger partial charge < -0.3 is 15.8 Å². The van der Waals surface area contributed by atoms with Gasteiger partial charge in [-0.05, 0) is 50.1 Å². The summed E-state index contributed by atoms with van der Waals surface area (Å²) >= 11 is 0. The monoisotopic (exact) mass is 298 g/mol. The highest BCUT2D eigenvalue weighted by atomic mass is 16.5. The first-order valence-electron chi connectivity index (χ1n) is 7.41. The van der Waals surface area contributed by atoms with Crippen molar-refractivity contribution in [1.82, 2.24) is 0 Å². The SMILES string of the molecule is CC(C)Oc1ccc(NC(=O)[C@@H](N)Cc2ccccc2)cc1. The first-order chi connectivity index (χ1) is 10.5. The number of amides is 1. The Morgan fingerprint density at radius 2 is 1.73 bits per heavy atom. The molecular formula is C18H22N2O2. The molecule has 0 saturated heterocycles. The molecule has 4 nitrogen and oxygen atoms in total. The molecule has 0 unspecified atom stereocenters. The van der Waals surface area contributed by atoms with Crippen LogP contribution in [0.1, 0.15) is 19.4 Å². The molecule has 1 atom stereocenters.